The molecule has 4 rings (SSSR count). The number of hydrogen-bond acceptors (Lipinski definition) is 5. The Kier molecular flexibility index (Phi) is 7.49. The van der Waals surface area contributed by atoms with E-state index in [1.54, 1.807) is 53.7 Å². The van der Waals surface area contributed by atoms with Crippen molar-refractivity contribution in [2.24, 2.45) is 0 Å². The number of anilines is 1. The lowest BCUT2D eigenvalue weighted by Gasteiger charge is -2.44. The first-order chi connectivity index (χ1) is 18.5. The van der Waals surface area contributed by atoms with E-state index in [2.05, 4.69) is 4.72 Å². The van der Waals surface area contributed by atoms with Crippen molar-refractivity contribution >= 4 is 27.7 Å². The first kappa shape index (κ1) is 29.5. The minimum absolute atomic E-state index is 0.0924. The van der Waals surface area contributed by atoms with Crippen LogP contribution in [-0.2, 0) is 30.4 Å². The highest BCUT2D eigenvalue weighted by molar-refractivity contribution is 7.89. The van der Waals surface area contributed by atoms with Gasteiger partial charge in [0.15, 0.2) is 0 Å². The summed E-state index contributed by atoms with van der Waals surface area (Å²) >= 11 is 0. The van der Waals surface area contributed by atoms with Crippen LogP contribution in [0.5, 0.6) is 0 Å². The highest BCUT2D eigenvalue weighted by Gasteiger charge is 2.60. The number of hydrogen-bond donors (Lipinski definition) is 1. The summed E-state index contributed by atoms with van der Waals surface area (Å²) in [6.07, 6.45) is -0.768. The van der Waals surface area contributed by atoms with Crippen LogP contribution in [0, 0.1) is 20.8 Å². The lowest BCUT2D eigenvalue weighted by atomic mass is 9.59. The number of aryl methyl sites for hydroxylation is 3. The summed E-state index contributed by atoms with van der Waals surface area (Å²) in [6, 6.07) is 20.2. The minimum atomic E-state index is -3.95. The molecule has 1 aliphatic rings. The average Bonchev–Trinajstić information content (AvgIpc) is 3.09. The maximum Gasteiger partial charge on any atom is 0.421 e. The number of nitrogens with one attached hydrogen (secondary N) is 1. The van der Waals surface area contributed by atoms with Crippen molar-refractivity contribution in [1.82, 2.24) is 4.72 Å². The SMILES string of the molecule is Cc1cc(C)c(S(=O)(=O)NC[C@@](C)(c2ccccc2)[C@]2(C)C(=O)N(C(=O)OC(C)(C)C)c3ccccc32)c(C)c1. The summed E-state index contributed by atoms with van der Waals surface area (Å²) in [6.45, 7) is 14.3. The topological polar surface area (TPSA) is 92.8 Å². The molecular weight excluding hydrogens is 524 g/mol. The molecule has 0 radical (unpaired) electrons. The van der Waals surface area contributed by atoms with Crippen molar-refractivity contribution in [2.45, 2.75) is 76.7 Å². The van der Waals surface area contributed by atoms with E-state index in [-0.39, 0.29) is 11.4 Å². The highest BCUT2D eigenvalue weighted by atomic mass is 32.2. The van der Waals surface area contributed by atoms with Gasteiger partial charge in [-0.05, 0) is 76.8 Å². The van der Waals surface area contributed by atoms with Gasteiger partial charge in [0, 0.05) is 12.0 Å². The van der Waals surface area contributed by atoms with E-state index in [0.29, 0.717) is 22.4 Å². The van der Waals surface area contributed by atoms with Crippen molar-refractivity contribution in [1.29, 1.82) is 0 Å². The summed E-state index contributed by atoms with van der Waals surface area (Å²) in [4.78, 5) is 29.1. The molecule has 2 atom stereocenters. The van der Waals surface area contributed by atoms with Crippen LogP contribution in [0.3, 0.4) is 0 Å². The molecule has 0 aliphatic carbocycles. The molecule has 0 saturated heterocycles. The Labute approximate surface area is 237 Å². The van der Waals surface area contributed by atoms with Crippen LogP contribution in [0.15, 0.2) is 71.6 Å². The lowest BCUT2D eigenvalue weighted by Crippen LogP contribution is -2.57. The Morgan fingerprint density at radius 3 is 2.05 bits per heavy atom. The molecule has 1 N–H and O–H groups in total. The average molecular weight is 563 g/mol. The fourth-order valence-electron chi connectivity index (χ4n) is 5.84. The number of benzene rings is 3. The fourth-order valence-corrected chi connectivity index (χ4v) is 7.43. The molecule has 7 nitrogen and oxygen atoms in total. The second kappa shape index (κ2) is 10.2. The predicted octanol–water partition coefficient (Wildman–Crippen LogP) is 6.09. The Morgan fingerprint density at radius 1 is 0.925 bits per heavy atom. The van der Waals surface area contributed by atoms with Gasteiger partial charge < -0.3 is 4.74 Å². The third-order valence-electron chi connectivity index (χ3n) is 7.89. The van der Waals surface area contributed by atoms with Crippen LogP contribution in [0.1, 0.15) is 62.4 Å². The van der Waals surface area contributed by atoms with E-state index in [9.17, 15) is 18.0 Å². The van der Waals surface area contributed by atoms with Crippen molar-refractivity contribution in [3.05, 3.63) is 94.5 Å². The molecular formula is C32H38N2O5S. The largest absolute Gasteiger partial charge is 0.443 e. The molecule has 1 heterocycles. The van der Waals surface area contributed by atoms with Gasteiger partial charge in [0.05, 0.1) is 16.0 Å². The van der Waals surface area contributed by atoms with Crippen LogP contribution in [-0.4, -0.2) is 32.6 Å². The van der Waals surface area contributed by atoms with E-state index in [1.807, 2.05) is 68.4 Å². The number of carbonyl (C=O) groups excluding carboxylic acids is 2. The van der Waals surface area contributed by atoms with Gasteiger partial charge in [0.2, 0.25) is 15.9 Å². The van der Waals surface area contributed by atoms with Crippen LogP contribution in [0.25, 0.3) is 0 Å². The standard InChI is InChI=1S/C32H38N2O5S/c1-21-18-22(2)27(23(3)19-21)40(37,38)33-20-31(7,24-14-10-9-11-15-24)32(8)25-16-12-13-17-26(25)34(28(32)35)29(36)39-30(4,5)6/h9-19,33H,20H2,1-8H3/t31-,32-/m0/s1. The van der Waals surface area contributed by atoms with E-state index in [1.165, 1.54) is 0 Å². The van der Waals surface area contributed by atoms with Gasteiger partial charge in [-0.3, -0.25) is 4.79 Å². The predicted molar refractivity (Wildman–Crippen MR) is 157 cm³/mol. The van der Waals surface area contributed by atoms with Crippen LogP contribution >= 0.6 is 0 Å². The summed E-state index contributed by atoms with van der Waals surface area (Å²) in [5.74, 6) is -0.476. The van der Waals surface area contributed by atoms with Crippen LogP contribution in [0.2, 0.25) is 0 Å². The second-order valence-electron chi connectivity index (χ2n) is 12.0. The minimum Gasteiger partial charge on any atom is -0.443 e. The Balaban J connectivity index is 1.86. The second-order valence-corrected chi connectivity index (χ2v) is 13.7. The first-order valence-corrected chi connectivity index (χ1v) is 14.8. The van der Waals surface area contributed by atoms with Gasteiger partial charge in [-0.2, -0.15) is 0 Å². The number of para-hydroxylation sites is 1. The fraction of sp³-hybridized carbons (Fsp3) is 0.375. The molecule has 2 amide bonds. The van der Waals surface area contributed by atoms with E-state index < -0.39 is 38.5 Å². The number of ether oxygens (including phenoxy) is 1. The van der Waals surface area contributed by atoms with Gasteiger partial charge in [-0.15, -0.1) is 0 Å². The zero-order chi connectivity index (χ0) is 29.7. The maximum atomic E-state index is 14.4. The molecule has 0 spiro atoms. The molecule has 0 aromatic heterocycles. The number of rotatable bonds is 6. The highest BCUT2D eigenvalue weighted by Crippen LogP contribution is 2.53. The zero-order valence-corrected chi connectivity index (χ0v) is 25.3. The molecule has 40 heavy (non-hydrogen) atoms. The molecule has 1 aliphatic heterocycles. The van der Waals surface area contributed by atoms with Gasteiger partial charge in [0.1, 0.15) is 5.60 Å². The molecule has 3 aromatic carbocycles. The summed E-state index contributed by atoms with van der Waals surface area (Å²) < 4.78 is 36.0. The van der Waals surface area contributed by atoms with Gasteiger partial charge in [-0.25, -0.2) is 22.8 Å². The Bertz CT molecular complexity index is 1550. The van der Waals surface area contributed by atoms with Crippen molar-refractivity contribution in [3.63, 3.8) is 0 Å². The quantitative estimate of drug-likeness (QED) is 0.393. The summed E-state index contributed by atoms with van der Waals surface area (Å²) in [5, 5.41) is 0. The molecule has 8 heteroatoms. The number of nitrogens with zero attached hydrogens (tertiary/aromatic N) is 1. The zero-order valence-electron chi connectivity index (χ0n) is 24.5. The molecule has 0 unspecified atom stereocenters. The molecule has 0 saturated carbocycles. The third kappa shape index (κ3) is 4.95. The number of amides is 2. The third-order valence-corrected chi connectivity index (χ3v) is 9.60. The maximum absolute atomic E-state index is 14.4. The van der Waals surface area contributed by atoms with E-state index >= 15 is 0 Å². The Hall–Kier alpha value is -3.49. The monoisotopic (exact) mass is 562 g/mol. The number of imide groups is 1. The van der Waals surface area contributed by atoms with Crippen molar-refractivity contribution < 1.29 is 22.7 Å². The normalized spacial score (nSPS) is 18.8. The van der Waals surface area contributed by atoms with Gasteiger partial charge in [-0.1, -0.05) is 73.2 Å². The van der Waals surface area contributed by atoms with Crippen LogP contribution < -0.4 is 9.62 Å². The molecule has 3 aromatic rings. The summed E-state index contributed by atoms with van der Waals surface area (Å²) in [5.41, 5.74) is 0.857. The molecule has 0 bridgehead atoms. The summed E-state index contributed by atoms with van der Waals surface area (Å²) in [7, 11) is -3.95. The van der Waals surface area contributed by atoms with E-state index in [0.717, 1.165) is 16.0 Å². The van der Waals surface area contributed by atoms with Crippen molar-refractivity contribution in [2.75, 3.05) is 11.4 Å². The van der Waals surface area contributed by atoms with Crippen molar-refractivity contribution in [3.8, 4) is 0 Å². The van der Waals surface area contributed by atoms with E-state index in [4.69, 9.17) is 4.74 Å². The Morgan fingerprint density at radius 2 is 1.48 bits per heavy atom. The molecule has 0 fully saturated rings. The van der Waals surface area contributed by atoms with Gasteiger partial charge >= 0.3 is 6.09 Å². The van der Waals surface area contributed by atoms with Gasteiger partial charge in [0.25, 0.3) is 0 Å². The smallest absolute Gasteiger partial charge is 0.421 e. The van der Waals surface area contributed by atoms with Crippen LogP contribution in [0.4, 0.5) is 10.5 Å². The molecule has 212 valence electrons. The first-order valence-electron chi connectivity index (χ1n) is 13.3. The number of fused-ring (bicyclic) bond motifs is 1. The number of sulfonamides is 1. The lowest BCUT2D eigenvalue weighted by molar-refractivity contribution is -0.124. The number of carbonyl (C=O) groups is 2.